The Balaban J connectivity index is 1.67. The van der Waals surface area contributed by atoms with Gasteiger partial charge in [0.15, 0.2) is 0 Å². The van der Waals surface area contributed by atoms with Gasteiger partial charge in [-0.25, -0.2) is 4.68 Å². The highest BCUT2D eigenvalue weighted by atomic mass is 16.1. The fourth-order valence-corrected chi connectivity index (χ4v) is 3.76. The highest BCUT2D eigenvalue weighted by molar-refractivity contribution is 5.87. The Hall–Kier alpha value is -2.99. The first-order valence-electron chi connectivity index (χ1n) is 9.79. The van der Waals surface area contributed by atoms with Gasteiger partial charge in [0.1, 0.15) is 12.0 Å². The zero-order valence-corrected chi connectivity index (χ0v) is 16.1. The van der Waals surface area contributed by atoms with E-state index in [0.29, 0.717) is 0 Å². The van der Waals surface area contributed by atoms with Crippen LogP contribution in [0.2, 0.25) is 0 Å². The molecule has 144 valence electrons. The van der Waals surface area contributed by atoms with Gasteiger partial charge in [-0.15, -0.1) is 5.10 Å². The van der Waals surface area contributed by atoms with Crippen molar-refractivity contribution in [3.05, 3.63) is 54.1 Å². The number of aryl methyl sites for hydroxylation is 1. The Bertz CT molecular complexity index is 965. The number of unbranched alkanes of at least 4 members (excludes halogenated alkanes) is 1. The quantitative estimate of drug-likeness (QED) is 0.489. The van der Waals surface area contributed by atoms with E-state index in [-0.39, 0.29) is 6.04 Å². The van der Waals surface area contributed by atoms with Crippen molar-refractivity contribution < 1.29 is 4.79 Å². The average molecular weight is 375 g/mol. The van der Waals surface area contributed by atoms with Crippen molar-refractivity contribution in [2.45, 2.75) is 38.4 Å². The molecular weight excluding hydrogens is 350 g/mol. The summed E-state index contributed by atoms with van der Waals surface area (Å²) < 4.78 is 2.01. The van der Waals surface area contributed by atoms with Gasteiger partial charge < -0.3 is 15.4 Å². The maximum atomic E-state index is 11.0. The van der Waals surface area contributed by atoms with Crippen LogP contribution in [0.15, 0.2) is 48.5 Å². The molecule has 0 radical (unpaired) electrons. The Morgan fingerprint density at radius 3 is 2.75 bits per heavy atom. The lowest BCUT2D eigenvalue weighted by Gasteiger charge is -2.19. The molecule has 0 spiro atoms. The summed E-state index contributed by atoms with van der Waals surface area (Å²) >= 11 is 0. The smallest absolute Gasteiger partial charge is 0.136 e. The number of likely N-dealkylation sites (N-methyl/N-ethyl adjacent to an activating group) is 1. The first kappa shape index (κ1) is 18.4. The minimum absolute atomic E-state index is 0.0758. The molecule has 4 rings (SSSR count). The average Bonchev–Trinajstić information content (AvgIpc) is 3.14. The topological polar surface area (TPSA) is 71.8 Å². The number of nitrogens with one attached hydrogen (secondary N) is 2. The van der Waals surface area contributed by atoms with Gasteiger partial charge in [0, 0.05) is 29.9 Å². The number of carbonyl (C=O) groups is 1. The lowest BCUT2D eigenvalue weighted by molar-refractivity contribution is -0.109. The van der Waals surface area contributed by atoms with E-state index in [2.05, 4.69) is 57.3 Å². The molecule has 1 aromatic heterocycles. The van der Waals surface area contributed by atoms with Crippen molar-refractivity contribution in [1.29, 1.82) is 0 Å². The molecule has 1 aliphatic rings. The van der Waals surface area contributed by atoms with Gasteiger partial charge in [-0.3, -0.25) is 0 Å². The fraction of sp³-hybridized carbons (Fsp3) is 0.318. The number of benzene rings is 2. The molecule has 2 heterocycles. The molecule has 0 bridgehead atoms. The summed E-state index contributed by atoms with van der Waals surface area (Å²) in [4.78, 5) is 11.0. The summed E-state index contributed by atoms with van der Waals surface area (Å²) in [6.45, 7) is 1.53. The molecule has 2 N–H and O–H groups in total. The predicted molar refractivity (Wildman–Crippen MR) is 111 cm³/mol. The molecule has 1 aliphatic heterocycles. The van der Waals surface area contributed by atoms with Gasteiger partial charge in [0.2, 0.25) is 0 Å². The van der Waals surface area contributed by atoms with Crippen molar-refractivity contribution in [3.63, 3.8) is 0 Å². The fourth-order valence-electron chi connectivity index (χ4n) is 3.76. The highest BCUT2D eigenvalue weighted by Gasteiger charge is 2.22. The first-order chi connectivity index (χ1) is 13.8. The van der Waals surface area contributed by atoms with Crippen LogP contribution in [-0.4, -0.2) is 34.4 Å². The van der Waals surface area contributed by atoms with Crippen molar-refractivity contribution in [3.8, 4) is 22.5 Å². The second kappa shape index (κ2) is 8.35. The molecule has 28 heavy (non-hydrogen) atoms. The number of rotatable bonds is 7. The van der Waals surface area contributed by atoms with Crippen LogP contribution in [0.4, 0.5) is 5.69 Å². The number of hydrogen-bond donors (Lipinski definition) is 2. The van der Waals surface area contributed by atoms with Crippen molar-refractivity contribution >= 4 is 12.0 Å². The maximum Gasteiger partial charge on any atom is 0.136 e. The monoisotopic (exact) mass is 375 g/mol. The molecule has 1 unspecified atom stereocenters. The number of aromatic nitrogens is 3. The minimum Gasteiger partial charge on any atom is -0.380 e. The van der Waals surface area contributed by atoms with Crippen LogP contribution >= 0.6 is 0 Å². The molecule has 6 nitrogen and oxygen atoms in total. The van der Waals surface area contributed by atoms with Crippen LogP contribution in [-0.2, 0) is 17.9 Å². The number of fused-ring (bicyclic) bond motifs is 5. The molecule has 0 saturated carbocycles. The summed E-state index contributed by atoms with van der Waals surface area (Å²) in [7, 11) is 1.82. The lowest BCUT2D eigenvalue weighted by Crippen LogP contribution is -2.26. The van der Waals surface area contributed by atoms with Crippen LogP contribution in [0.1, 0.15) is 24.8 Å². The maximum absolute atomic E-state index is 11.0. The van der Waals surface area contributed by atoms with E-state index in [1.54, 1.807) is 0 Å². The second-order valence-corrected chi connectivity index (χ2v) is 7.09. The molecule has 0 aliphatic carbocycles. The van der Waals surface area contributed by atoms with Crippen LogP contribution in [0.25, 0.3) is 22.5 Å². The Kier molecular flexibility index (Phi) is 5.48. The third kappa shape index (κ3) is 3.55. The second-order valence-electron chi connectivity index (χ2n) is 7.09. The molecule has 0 saturated heterocycles. The zero-order chi connectivity index (χ0) is 19.3. The van der Waals surface area contributed by atoms with Crippen molar-refractivity contribution in [2.24, 2.45) is 0 Å². The van der Waals surface area contributed by atoms with Crippen molar-refractivity contribution in [2.75, 3.05) is 12.4 Å². The van der Waals surface area contributed by atoms with Gasteiger partial charge in [-0.2, -0.15) is 0 Å². The third-order valence-corrected chi connectivity index (χ3v) is 5.33. The molecule has 1 atom stereocenters. The Labute approximate surface area is 165 Å². The highest BCUT2D eigenvalue weighted by Crippen LogP contribution is 2.38. The van der Waals surface area contributed by atoms with E-state index in [0.717, 1.165) is 66.8 Å². The normalized spacial score (nSPS) is 13.3. The van der Waals surface area contributed by atoms with E-state index in [9.17, 15) is 4.79 Å². The summed E-state index contributed by atoms with van der Waals surface area (Å²) in [5.74, 6) is 0. The number of para-hydroxylation sites is 1. The van der Waals surface area contributed by atoms with Gasteiger partial charge in [0.25, 0.3) is 0 Å². The van der Waals surface area contributed by atoms with Gasteiger partial charge in [-0.05, 0) is 37.9 Å². The van der Waals surface area contributed by atoms with Crippen LogP contribution in [0.3, 0.4) is 0 Å². The summed E-state index contributed by atoms with van der Waals surface area (Å²) in [5.41, 5.74) is 6.55. The summed E-state index contributed by atoms with van der Waals surface area (Å²) in [6, 6.07) is 16.6. The lowest BCUT2D eigenvalue weighted by atomic mass is 9.97. The largest absolute Gasteiger partial charge is 0.380 e. The van der Waals surface area contributed by atoms with Crippen LogP contribution in [0, 0.1) is 0 Å². The Morgan fingerprint density at radius 2 is 1.93 bits per heavy atom. The first-order valence-corrected chi connectivity index (χ1v) is 9.79. The summed E-state index contributed by atoms with van der Waals surface area (Å²) in [5, 5.41) is 15.6. The predicted octanol–water partition coefficient (Wildman–Crippen LogP) is 3.49. The molecular formula is C22H25N5O. The molecule has 6 heteroatoms. The SMILES string of the molecule is CNC(C=O)CCCCn1nnc2c1-c1ccccc1NCc1ccccc1-2. The van der Waals surface area contributed by atoms with Crippen LogP contribution < -0.4 is 10.6 Å². The Morgan fingerprint density at radius 1 is 1.14 bits per heavy atom. The third-order valence-electron chi connectivity index (χ3n) is 5.33. The molecule has 0 amide bonds. The standard InChI is InChI=1S/C22H25N5O/c1-23-17(15-28)9-6-7-13-27-22-19-11-4-5-12-20(19)24-14-16-8-2-3-10-18(16)21(22)25-26-27/h2-5,8,10-12,15,17,23-24H,6-7,9,13-14H2,1H3. The number of carbonyl (C=O) groups excluding carboxylic acids is 1. The van der Waals surface area contributed by atoms with E-state index in [4.69, 9.17) is 0 Å². The molecule has 3 aromatic rings. The van der Waals surface area contributed by atoms with Gasteiger partial charge >= 0.3 is 0 Å². The van der Waals surface area contributed by atoms with Gasteiger partial charge in [-0.1, -0.05) is 47.7 Å². The minimum atomic E-state index is -0.0758. The van der Waals surface area contributed by atoms with E-state index in [1.165, 1.54) is 5.56 Å². The van der Waals surface area contributed by atoms with E-state index < -0.39 is 0 Å². The number of aldehydes is 1. The number of hydrogen-bond acceptors (Lipinski definition) is 5. The zero-order valence-electron chi connectivity index (χ0n) is 16.1. The van der Waals surface area contributed by atoms with E-state index >= 15 is 0 Å². The molecule has 2 aromatic carbocycles. The van der Waals surface area contributed by atoms with Crippen LogP contribution in [0.5, 0.6) is 0 Å². The number of anilines is 1. The van der Waals surface area contributed by atoms with E-state index in [1.807, 2.05) is 23.9 Å². The number of nitrogens with zero attached hydrogens (tertiary/aromatic N) is 3. The summed E-state index contributed by atoms with van der Waals surface area (Å²) in [6.07, 6.45) is 3.70. The van der Waals surface area contributed by atoms with Crippen molar-refractivity contribution in [1.82, 2.24) is 20.3 Å². The molecule has 0 fully saturated rings. The van der Waals surface area contributed by atoms with Gasteiger partial charge in [0.05, 0.1) is 11.7 Å².